The lowest BCUT2D eigenvalue weighted by atomic mass is 10.1. The molecule has 0 spiro atoms. The van der Waals surface area contributed by atoms with Crippen molar-refractivity contribution in [3.63, 3.8) is 0 Å². The molecule has 0 aromatic heterocycles. The molecule has 0 atom stereocenters. The van der Waals surface area contributed by atoms with Gasteiger partial charge in [-0.15, -0.1) is 0 Å². The molecule has 134 valence electrons. The van der Waals surface area contributed by atoms with E-state index in [0.29, 0.717) is 5.75 Å². The Hall–Kier alpha value is -3.68. The number of nitrogens with zero attached hydrogens (tertiary/aromatic N) is 1. The molecule has 0 radical (unpaired) electrons. The average Bonchev–Trinajstić information content (AvgIpc) is 2.64. The Labute approximate surface area is 149 Å². The van der Waals surface area contributed by atoms with Crippen molar-refractivity contribution in [2.45, 2.75) is 6.92 Å². The zero-order valence-electron chi connectivity index (χ0n) is 14.2. The van der Waals surface area contributed by atoms with Crippen LogP contribution in [0.15, 0.2) is 48.5 Å². The Kier molecular flexibility index (Phi) is 6.05. The predicted octanol–water partition coefficient (Wildman–Crippen LogP) is 2.39. The molecule has 2 aromatic carbocycles. The minimum Gasteiger partial charge on any atom is -0.496 e. The summed E-state index contributed by atoms with van der Waals surface area (Å²) in [4.78, 5) is 33.8. The standard InChI is InChI=1S/C18H17N3O5/c1-12-3-9-16(26-2)14(11-12)6-10-17(22)19-20-18(23)13-4-7-15(8-5-13)21(24)25/h3-11H,1-2H3,(H,19,22)(H,20,23)/b10-6+. The highest BCUT2D eigenvalue weighted by Crippen LogP contribution is 2.20. The van der Waals surface area contributed by atoms with Crippen molar-refractivity contribution in [1.82, 2.24) is 10.9 Å². The summed E-state index contributed by atoms with van der Waals surface area (Å²) in [6.07, 6.45) is 2.83. The van der Waals surface area contributed by atoms with Gasteiger partial charge in [0.05, 0.1) is 12.0 Å². The maximum Gasteiger partial charge on any atom is 0.269 e. The van der Waals surface area contributed by atoms with Gasteiger partial charge in [0.1, 0.15) is 5.75 Å². The molecule has 0 fully saturated rings. The Balaban J connectivity index is 1.95. The van der Waals surface area contributed by atoms with Crippen LogP contribution in [0.2, 0.25) is 0 Å². The van der Waals surface area contributed by atoms with Gasteiger partial charge < -0.3 is 4.74 Å². The average molecular weight is 355 g/mol. The summed E-state index contributed by atoms with van der Waals surface area (Å²) >= 11 is 0. The third-order valence-electron chi connectivity index (χ3n) is 3.44. The van der Waals surface area contributed by atoms with E-state index < -0.39 is 16.7 Å². The van der Waals surface area contributed by atoms with Crippen molar-refractivity contribution in [3.05, 3.63) is 75.3 Å². The molecule has 0 unspecified atom stereocenters. The van der Waals surface area contributed by atoms with Crippen molar-refractivity contribution in [3.8, 4) is 5.75 Å². The maximum absolute atomic E-state index is 11.9. The summed E-state index contributed by atoms with van der Waals surface area (Å²) < 4.78 is 5.21. The number of hydrogen-bond acceptors (Lipinski definition) is 5. The number of nitrogens with one attached hydrogen (secondary N) is 2. The first-order chi connectivity index (χ1) is 12.4. The summed E-state index contributed by atoms with van der Waals surface area (Å²) in [5.41, 5.74) is 6.27. The summed E-state index contributed by atoms with van der Waals surface area (Å²) in [7, 11) is 1.53. The molecule has 0 heterocycles. The van der Waals surface area contributed by atoms with E-state index in [9.17, 15) is 19.7 Å². The molecule has 0 saturated heterocycles. The third kappa shape index (κ3) is 4.91. The van der Waals surface area contributed by atoms with E-state index >= 15 is 0 Å². The molecule has 2 rings (SSSR count). The van der Waals surface area contributed by atoms with Crippen LogP contribution in [0.3, 0.4) is 0 Å². The van der Waals surface area contributed by atoms with Crippen molar-refractivity contribution >= 4 is 23.6 Å². The molecule has 2 amide bonds. The fraction of sp³-hybridized carbons (Fsp3) is 0.111. The SMILES string of the molecule is COc1ccc(C)cc1/C=C/C(=O)NNC(=O)c1ccc([N+](=O)[O-])cc1. The monoisotopic (exact) mass is 355 g/mol. The zero-order valence-corrected chi connectivity index (χ0v) is 14.2. The molecule has 2 aromatic rings. The summed E-state index contributed by atoms with van der Waals surface area (Å²) in [5.74, 6) is -0.506. The number of non-ortho nitro benzene ring substituents is 1. The van der Waals surface area contributed by atoms with Crippen LogP contribution in [-0.4, -0.2) is 23.8 Å². The topological polar surface area (TPSA) is 111 Å². The molecule has 0 bridgehead atoms. The number of ether oxygens (including phenoxy) is 1. The fourth-order valence-electron chi connectivity index (χ4n) is 2.12. The Bertz CT molecular complexity index is 860. The number of rotatable bonds is 5. The second-order valence-corrected chi connectivity index (χ2v) is 5.33. The van der Waals surface area contributed by atoms with E-state index in [-0.39, 0.29) is 11.3 Å². The van der Waals surface area contributed by atoms with Gasteiger partial charge >= 0.3 is 0 Å². The Morgan fingerprint density at radius 1 is 1.12 bits per heavy atom. The van der Waals surface area contributed by atoms with Crippen molar-refractivity contribution in [2.24, 2.45) is 0 Å². The molecule has 8 nitrogen and oxygen atoms in total. The number of hydrogen-bond donors (Lipinski definition) is 2. The fourth-order valence-corrected chi connectivity index (χ4v) is 2.12. The van der Waals surface area contributed by atoms with Gasteiger partial charge in [-0.25, -0.2) is 0 Å². The normalized spacial score (nSPS) is 10.4. The van der Waals surface area contributed by atoms with E-state index in [1.54, 1.807) is 12.1 Å². The van der Waals surface area contributed by atoms with Crippen LogP contribution in [0.25, 0.3) is 6.08 Å². The summed E-state index contributed by atoms with van der Waals surface area (Å²) in [6, 6.07) is 10.6. The second-order valence-electron chi connectivity index (χ2n) is 5.33. The van der Waals surface area contributed by atoms with E-state index in [2.05, 4.69) is 10.9 Å². The molecule has 0 aliphatic heterocycles. The van der Waals surface area contributed by atoms with Crippen LogP contribution in [0.5, 0.6) is 5.75 Å². The van der Waals surface area contributed by atoms with Crippen LogP contribution in [-0.2, 0) is 4.79 Å². The quantitative estimate of drug-likeness (QED) is 0.486. The number of aryl methyl sites for hydroxylation is 1. The van der Waals surface area contributed by atoms with E-state index in [1.807, 2.05) is 19.1 Å². The smallest absolute Gasteiger partial charge is 0.269 e. The molecular formula is C18H17N3O5. The van der Waals surface area contributed by atoms with Gasteiger partial charge in [-0.3, -0.25) is 30.6 Å². The number of carbonyl (C=O) groups excluding carboxylic acids is 2. The maximum atomic E-state index is 11.9. The highest BCUT2D eigenvalue weighted by molar-refractivity contribution is 5.98. The lowest BCUT2D eigenvalue weighted by Gasteiger charge is -2.06. The lowest BCUT2D eigenvalue weighted by molar-refractivity contribution is -0.384. The molecule has 2 N–H and O–H groups in total. The number of hydrazine groups is 1. The second kappa shape index (κ2) is 8.43. The molecule has 26 heavy (non-hydrogen) atoms. The predicted molar refractivity (Wildman–Crippen MR) is 95.5 cm³/mol. The molecular weight excluding hydrogens is 338 g/mol. The van der Waals surface area contributed by atoms with Crippen molar-refractivity contribution in [1.29, 1.82) is 0 Å². The number of carbonyl (C=O) groups is 2. The molecule has 0 aliphatic rings. The van der Waals surface area contributed by atoms with Gasteiger partial charge in [0.2, 0.25) is 0 Å². The number of benzene rings is 2. The molecule has 0 saturated carbocycles. The number of nitro groups is 1. The van der Waals surface area contributed by atoms with Gasteiger partial charge in [0.15, 0.2) is 0 Å². The van der Waals surface area contributed by atoms with Gasteiger partial charge in [-0.05, 0) is 37.3 Å². The molecule has 8 heteroatoms. The van der Waals surface area contributed by atoms with Crippen LogP contribution in [0.4, 0.5) is 5.69 Å². The van der Waals surface area contributed by atoms with Crippen LogP contribution in [0.1, 0.15) is 21.5 Å². The minimum atomic E-state index is -0.588. The van der Waals surface area contributed by atoms with Gasteiger partial charge in [-0.2, -0.15) is 0 Å². The number of nitro benzene ring substituents is 1. The Morgan fingerprint density at radius 3 is 2.42 bits per heavy atom. The lowest BCUT2D eigenvalue weighted by Crippen LogP contribution is -2.40. The first kappa shape index (κ1) is 18.7. The third-order valence-corrected chi connectivity index (χ3v) is 3.44. The van der Waals surface area contributed by atoms with Gasteiger partial charge in [0, 0.05) is 29.3 Å². The van der Waals surface area contributed by atoms with E-state index in [4.69, 9.17) is 4.74 Å². The van der Waals surface area contributed by atoms with E-state index in [0.717, 1.165) is 11.1 Å². The van der Waals surface area contributed by atoms with Crippen LogP contribution >= 0.6 is 0 Å². The summed E-state index contributed by atoms with van der Waals surface area (Å²) in [5, 5.41) is 10.6. The highest BCUT2D eigenvalue weighted by atomic mass is 16.6. The first-order valence-corrected chi connectivity index (χ1v) is 7.58. The van der Waals surface area contributed by atoms with Crippen molar-refractivity contribution < 1.29 is 19.2 Å². The zero-order chi connectivity index (χ0) is 19.1. The minimum absolute atomic E-state index is 0.124. The van der Waals surface area contributed by atoms with Crippen LogP contribution in [0, 0.1) is 17.0 Å². The largest absolute Gasteiger partial charge is 0.496 e. The van der Waals surface area contributed by atoms with Crippen molar-refractivity contribution in [2.75, 3.05) is 7.11 Å². The number of amides is 2. The van der Waals surface area contributed by atoms with E-state index in [1.165, 1.54) is 37.5 Å². The highest BCUT2D eigenvalue weighted by Gasteiger charge is 2.09. The Morgan fingerprint density at radius 2 is 1.81 bits per heavy atom. The summed E-state index contributed by atoms with van der Waals surface area (Å²) in [6.45, 7) is 1.92. The van der Waals surface area contributed by atoms with Gasteiger partial charge in [0.25, 0.3) is 17.5 Å². The molecule has 0 aliphatic carbocycles. The van der Waals surface area contributed by atoms with Crippen LogP contribution < -0.4 is 15.6 Å². The van der Waals surface area contributed by atoms with Gasteiger partial charge in [-0.1, -0.05) is 11.6 Å². The first-order valence-electron chi connectivity index (χ1n) is 7.58. The number of methoxy groups -OCH3 is 1.